The third-order valence-electron chi connectivity index (χ3n) is 3.86. The van der Waals surface area contributed by atoms with Crippen LogP contribution < -0.4 is 5.73 Å². The van der Waals surface area contributed by atoms with Crippen LogP contribution in [0.4, 0.5) is 4.39 Å². The van der Waals surface area contributed by atoms with Gasteiger partial charge in [-0.15, -0.1) is 0 Å². The number of amides is 1. The Bertz CT molecular complexity index is 475. The van der Waals surface area contributed by atoms with Gasteiger partial charge in [-0.05, 0) is 43.0 Å². The normalized spacial score (nSPS) is 22.8. The Morgan fingerprint density at radius 1 is 1.47 bits per heavy atom. The lowest BCUT2D eigenvalue weighted by molar-refractivity contribution is 0.0784. The van der Waals surface area contributed by atoms with Crippen molar-refractivity contribution >= 4 is 5.91 Å². The second-order valence-corrected chi connectivity index (χ2v) is 5.38. The fourth-order valence-corrected chi connectivity index (χ4v) is 2.78. The van der Waals surface area contributed by atoms with Gasteiger partial charge < -0.3 is 10.6 Å². The molecule has 0 unspecified atom stereocenters. The van der Waals surface area contributed by atoms with Crippen LogP contribution in [-0.2, 0) is 0 Å². The van der Waals surface area contributed by atoms with Crippen LogP contribution in [0.1, 0.15) is 35.7 Å². The summed E-state index contributed by atoms with van der Waals surface area (Å²) in [6, 6.07) is 4.35. The predicted octanol–water partition coefficient (Wildman–Crippen LogP) is 2.33. The van der Waals surface area contributed by atoms with E-state index in [0.29, 0.717) is 30.1 Å². The van der Waals surface area contributed by atoms with E-state index in [9.17, 15) is 9.18 Å². The van der Waals surface area contributed by atoms with E-state index in [-0.39, 0.29) is 17.8 Å². The van der Waals surface area contributed by atoms with Crippen molar-refractivity contribution in [1.82, 2.24) is 4.90 Å². The van der Waals surface area contributed by atoms with E-state index in [4.69, 9.17) is 5.73 Å². The van der Waals surface area contributed by atoms with E-state index >= 15 is 0 Å². The van der Waals surface area contributed by atoms with E-state index < -0.39 is 0 Å². The standard InChI is InChI=1S/C15H21FN2O/c1-3-4-11-8-18(9-14(11)17)15(19)13-6-5-12(16)7-10(13)2/h5-7,11,14H,3-4,8-9,17H2,1-2H3/t11-,14-/m0/s1. The number of likely N-dealkylation sites (tertiary alicyclic amines) is 1. The van der Waals surface area contributed by atoms with Crippen LogP contribution >= 0.6 is 0 Å². The molecule has 1 fully saturated rings. The van der Waals surface area contributed by atoms with Gasteiger partial charge in [-0.2, -0.15) is 0 Å². The molecule has 1 saturated heterocycles. The van der Waals surface area contributed by atoms with Crippen molar-refractivity contribution in [1.29, 1.82) is 0 Å². The molecule has 19 heavy (non-hydrogen) atoms. The molecule has 0 bridgehead atoms. The maximum atomic E-state index is 13.1. The number of nitrogens with two attached hydrogens (primary N) is 1. The molecule has 4 heteroatoms. The van der Waals surface area contributed by atoms with Gasteiger partial charge in [0.2, 0.25) is 0 Å². The highest BCUT2D eigenvalue weighted by molar-refractivity contribution is 5.95. The number of hydrogen-bond acceptors (Lipinski definition) is 2. The first-order valence-electron chi connectivity index (χ1n) is 6.84. The van der Waals surface area contributed by atoms with E-state index in [0.717, 1.165) is 12.8 Å². The van der Waals surface area contributed by atoms with Crippen molar-refractivity contribution < 1.29 is 9.18 Å². The fraction of sp³-hybridized carbons (Fsp3) is 0.533. The molecule has 1 heterocycles. The van der Waals surface area contributed by atoms with Gasteiger partial charge in [0.15, 0.2) is 0 Å². The molecule has 0 saturated carbocycles. The highest BCUT2D eigenvalue weighted by Gasteiger charge is 2.32. The van der Waals surface area contributed by atoms with Crippen molar-refractivity contribution in [3.05, 3.63) is 35.1 Å². The van der Waals surface area contributed by atoms with Gasteiger partial charge in [0, 0.05) is 24.7 Å². The molecule has 1 aliphatic rings. The van der Waals surface area contributed by atoms with Gasteiger partial charge >= 0.3 is 0 Å². The SMILES string of the molecule is CCC[C@H]1CN(C(=O)c2ccc(F)cc2C)C[C@@H]1N. The molecular weight excluding hydrogens is 243 g/mol. The third-order valence-corrected chi connectivity index (χ3v) is 3.86. The maximum Gasteiger partial charge on any atom is 0.254 e. The van der Waals surface area contributed by atoms with Crippen molar-refractivity contribution in [3.63, 3.8) is 0 Å². The Morgan fingerprint density at radius 3 is 2.84 bits per heavy atom. The zero-order valence-electron chi connectivity index (χ0n) is 11.5. The molecule has 2 atom stereocenters. The number of benzene rings is 1. The predicted molar refractivity (Wildman–Crippen MR) is 73.4 cm³/mol. The van der Waals surface area contributed by atoms with E-state index in [1.165, 1.54) is 12.1 Å². The first-order chi connectivity index (χ1) is 9.02. The first-order valence-corrected chi connectivity index (χ1v) is 6.84. The van der Waals surface area contributed by atoms with Crippen LogP contribution in [0.3, 0.4) is 0 Å². The lowest BCUT2D eigenvalue weighted by Gasteiger charge is -2.17. The summed E-state index contributed by atoms with van der Waals surface area (Å²) < 4.78 is 13.1. The van der Waals surface area contributed by atoms with E-state index in [1.54, 1.807) is 17.9 Å². The minimum Gasteiger partial charge on any atom is -0.337 e. The summed E-state index contributed by atoms with van der Waals surface area (Å²) >= 11 is 0. The Kier molecular flexibility index (Phi) is 4.20. The zero-order chi connectivity index (χ0) is 14.0. The van der Waals surface area contributed by atoms with Crippen LogP contribution in [0.15, 0.2) is 18.2 Å². The average molecular weight is 264 g/mol. The maximum absolute atomic E-state index is 13.1. The van der Waals surface area contributed by atoms with Crippen LogP contribution in [0, 0.1) is 18.7 Å². The lowest BCUT2D eigenvalue weighted by atomic mass is 9.99. The van der Waals surface area contributed by atoms with E-state index in [1.807, 2.05) is 0 Å². The molecule has 1 aliphatic heterocycles. The number of halogens is 1. The summed E-state index contributed by atoms with van der Waals surface area (Å²) in [5.74, 6) is 0.0392. The number of carbonyl (C=O) groups is 1. The molecule has 0 radical (unpaired) electrons. The Morgan fingerprint density at radius 2 is 2.21 bits per heavy atom. The second kappa shape index (κ2) is 5.70. The zero-order valence-corrected chi connectivity index (χ0v) is 11.5. The van der Waals surface area contributed by atoms with Gasteiger partial charge in [-0.25, -0.2) is 4.39 Å². The Hall–Kier alpha value is -1.42. The number of nitrogens with zero attached hydrogens (tertiary/aromatic N) is 1. The van der Waals surface area contributed by atoms with Gasteiger partial charge in [0.25, 0.3) is 5.91 Å². The molecule has 1 aromatic rings. The van der Waals surface area contributed by atoms with Crippen molar-refractivity contribution in [2.45, 2.75) is 32.7 Å². The number of hydrogen-bond donors (Lipinski definition) is 1. The smallest absolute Gasteiger partial charge is 0.254 e. The van der Waals surface area contributed by atoms with Crippen molar-refractivity contribution in [2.75, 3.05) is 13.1 Å². The fourth-order valence-electron chi connectivity index (χ4n) is 2.78. The molecule has 1 amide bonds. The number of carbonyl (C=O) groups excluding carboxylic acids is 1. The number of aryl methyl sites for hydroxylation is 1. The molecule has 104 valence electrons. The number of rotatable bonds is 3. The largest absolute Gasteiger partial charge is 0.337 e. The minimum atomic E-state index is -0.309. The van der Waals surface area contributed by atoms with Gasteiger partial charge in [-0.1, -0.05) is 13.3 Å². The quantitative estimate of drug-likeness (QED) is 0.910. The summed E-state index contributed by atoms with van der Waals surface area (Å²) in [6.07, 6.45) is 2.13. The van der Waals surface area contributed by atoms with Crippen molar-refractivity contribution in [2.24, 2.45) is 11.7 Å². The van der Waals surface area contributed by atoms with Crippen LogP contribution in [-0.4, -0.2) is 29.9 Å². The minimum absolute atomic E-state index is 0.0356. The molecule has 3 nitrogen and oxygen atoms in total. The lowest BCUT2D eigenvalue weighted by Crippen LogP contribution is -2.32. The summed E-state index contributed by atoms with van der Waals surface area (Å²) in [7, 11) is 0. The summed E-state index contributed by atoms with van der Waals surface area (Å²) in [5.41, 5.74) is 7.33. The Balaban J connectivity index is 2.12. The first kappa shape index (κ1) is 14.0. The summed E-state index contributed by atoms with van der Waals surface area (Å²) in [4.78, 5) is 14.2. The molecule has 2 rings (SSSR count). The molecule has 0 spiro atoms. The van der Waals surface area contributed by atoms with Crippen LogP contribution in [0.2, 0.25) is 0 Å². The molecular formula is C15H21FN2O. The second-order valence-electron chi connectivity index (χ2n) is 5.38. The highest BCUT2D eigenvalue weighted by atomic mass is 19.1. The van der Waals surface area contributed by atoms with Gasteiger partial charge in [-0.3, -0.25) is 4.79 Å². The molecule has 1 aromatic carbocycles. The molecule has 0 aliphatic carbocycles. The van der Waals surface area contributed by atoms with Gasteiger partial charge in [0.1, 0.15) is 5.82 Å². The molecule has 2 N–H and O–H groups in total. The topological polar surface area (TPSA) is 46.3 Å². The average Bonchev–Trinajstić information content (AvgIpc) is 2.71. The summed E-state index contributed by atoms with van der Waals surface area (Å²) in [5, 5.41) is 0. The monoisotopic (exact) mass is 264 g/mol. The summed E-state index contributed by atoms with van der Waals surface area (Å²) in [6.45, 7) is 5.20. The Labute approximate surface area is 113 Å². The highest BCUT2D eigenvalue weighted by Crippen LogP contribution is 2.23. The van der Waals surface area contributed by atoms with Crippen LogP contribution in [0.5, 0.6) is 0 Å². The molecule has 0 aromatic heterocycles. The van der Waals surface area contributed by atoms with E-state index in [2.05, 4.69) is 6.92 Å². The van der Waals surface area contributed by atoms with Crippen molar-refractivity contribution in [3.8, 4) is 0 Å². The van der Waals surface area contributed by atoms with Gasteiger partial charge in [0.05, 0.1) is 0 Å². The third kappa shape index (κ3) is 2.95. The van der Waals surface area contributed by atoms with Crippen LogP contribution in [0.25, 0.3) is 0 Å².